The van der Waals surface area contributed by atoms with Gasteiger partial charge in [-0.3, -0.25) is 4.90 Å². The summed E-state index contributed by atoms with van der Waals surface area (Å²) in [7, 11) is 3.95. The number of esters is 2. The molecule has 8 nitrogen and oxygen atoms in total. The van der Waals surface area contributed by atoms with Gasteiger partial charge in [-0.05, 0) is 17.0 Å². The Balaban J connectivity index is 2.10. The monoisotopic (exact) mass is 469 g/mol. The lowest BCUT2D eigenvalue weighted by Crippen LogP contribution is -2.40. The van der Waals surface area contributed by atoms with Crippen molar-refractivity contribution in [1.29, 1.82) is 5.26 Å². The SMILES string of the molecule is COC(=O)C1=C(C(=O)OC)N(c2cc(OC)c3ccccc3c2)C(N)=C(C#N)C1c1ccccc1. The molecule has 1 aliphatic heterocycles. The minimum atomic E-state index is -0.929. The molecule has 1 unspecified atom stereocenters. The van der Waals surface area contributed by atoms with Crippen molar-refractivity contribution in [2.75, 3.05) is 26.2 Å². The molecule has 0 fully saturated rings. The molecule has 2 N–H and O–H groups in total. The summed E-state index contributed by atoms with van der Waals surface area (Å²) in [6.45, 7) is 0. The Morgan fingerprint density at radius 3 is 2.23 bits per heavy atom. The topological polar surface area (TPSA) is 115 Å². The summed E-state index contributed by atoms with van der Waals surface area (Å²) in [4.78, 5) is 27.7. The summed E-state index contributed by atoms with van der Waals surface area (Å²) in [6, 6.07) is 22.0. The molecule has 3 aromatic carbocycles. The zero-order valence-corrected chi connectivity index (χ0v) is 19.4. The van der Waals surface area contributed by atoms with Crippen molar-refractivity contribution in [3.05, 3.63) is 95.0 Å². The summed E-state index contributed by atoms with van der Waals surface area (Å²) in [5.41, 5.74) is 7.49. The summed E-state index contributed by atoms with van der Waals surface area (Å²) < 4.78 is 15.7. The second-order valence-corrected chi connectivity index (χ2v) is 7.70. The lowest BCUT2D eigenvalue weighted by Gasteiger charge is -2.36. The zero-order valence-electron chi connectivity index (χ0n) is 19.4. The Bertz CT molecular complexity index is 1420. The Hall–Kier alpha value is -4.77. The van der Waals surface area contributed by atoms with Gasteiger partial charge in [-0.25, -0.2) is 9.59 Å². The van der Waals surface area contributed by atoms with E-state index in [2.05, 4.69) is 6.07 Å². The van der Waals surface area contributed by atoms with Crippen LogP contribution in [-0.4, -0.2) is 33.3 Å². The maximum atomic E-state index is 13.2. The quantitative estimate of drug-likeness (QED) is 0.562. The van der Waals surface area contributed by atoms with E-state index in [1.54, 1.807) is 36.4 Å². The van der Waals surface area contributed by atoms with E-state index in [4.69, 9.17) is 19.9 Å². The average Bonchev–Trinajstić information content (AvgIpc) is 2.91. The minimum Gasteiger partial charge on any atom is -0.496 e. The van der Waals surface area contributed by atoms with Gasteiger partial charge >= 0.3 is 11.9 Å². The highest BCUT2D eigenvalue weighted by Gasteiger charge is 2.43. The average molecular weight is 469 g/mol. The lowest BCUT2D eigenvalue weighted by molar-refractivity contribution is -0.139. The number of fused-ring (bicyclic) bond motifs is 1. The van der Waals surface area contributed by atoms with Gasteiger partial charge in [0.05, 0.1) is 50.2 Å². The van der Waals surface area contributed by atoms with Crippen LogP contribution in [0.15, 0.2) is 89.4 Å². The maximum absolute atomic E-state index is 13.2. The number of nitriles is 1. The predicted octanol–water partition coefficient (Wildman–Crippen LogP) is 3.75. The van der Waals surface area contributed by atoms with E-state index in [1.807, 2.05) is 30.3 Å². The van der Waals surface area contributed by atoms with Crippen molar-refractivity contribution in [1.82, 2.24) is 0 Å². The van der Waals surface area contributed by atoms with Crippen molar-refractivity contribution in [2.24, 2.45) is 5.73 Å². The third kappa shape index (κ3) is 3.93. The highest BCUT2D eigenvalue weighted by Crippen LogP contribution is 2.44. The number of anilines is 1. The number of carbonyl (C=O) groups is 2. The fourth-order valence-electron chi connectivity index (χ4n) is 4.34. The first-order valence-corrected chi connectivity index (χ1v) is 10.7. The number of allylic oxidation sites excluding steroid dienone is 1. The molecular weight excluding hydrogens is 446 g/mol. The van der Waals surface area contributed by atoms with Gasteiger partial charge in [0.1, 0.15) is 17.3 Å². The Morgan fingerprint density at radius 2 is 1.60 bits per heavy atom. The number of benzene rings is 3. The van der Waals surface area contributed by atoms with Gasteiger partial charge in [0.15, 0.2) is 0 Å². The van der Waals surface area contributed by atoms with E-state index < -0.39 is 17.9 Å². The van der Waals surface area contributed by atoms with E-state index >= 15 is 0 Å². The molecule has 1 heterocycles. The van der Waals surface area contributed by atoms with E-state index in [0.29, 0.717) is 17.0 Å². The molecule has 0 saturated carbocycles. The highest BCUT2D eigenvalue weighted by molar-refractivity contribution is 6.07. The van der Waals surface area contributed by atoms with Crippen LogP contribution in [0.5, 0.6) is 5.75 Å². The molecule has 0 saturated heterocycles. The normalized spacial score (nSPS) is 15.6. The van der Waals surface area contributed by atoms with E-state index in [9.17, 15) is 14.9 Å². The first-order chi connectivity index (χ1) is 17.0. The van der Waals surface area contributed by atoms with Crippen LogP contribution in [-0.2, 0) is 19.1 Å². The van der Waals surface area contributed by atoms with Crippen LogP contribution in [0, 0.1) is 11.3 Å². The predicted molar refractivity (Wildman–Crippen MR) is 130 cm³/mol. The summed E-state index contributed by atoms with van der Waals surface area (Å²) in [6.07, 6.45) is 0. The van der Waals surface area contributed by atoms with Gasteiger partial charge in [-0.15, -0.1) is 0 Å². The fraction of sp³-hybridized carbons (Fsp3) is 0.148. The first-order valence-electron chi connectivity index (χ1n) is 10.7. The van der Waals surface area contributed by atoms with E-state index in [0.717, 1.165) is 10.8 Å². The molecular formula is C27H23N3O5. The highest BCUT2D eigenvalue weighted by atomic mass is 16.5. The lowest BCUT2D eigenvalue weighted by atomic mass is 9.81. The molecule has 0 spiro atoms. The molecule has 0 bridgehead atoms. The summed E-state index contributed by atoms with van der Waals surface area (Å²) >= 11 is 0. The summed E-state index contributed by atoms with van der Waals surface area (Å²) in [5.74, 6) is -2.00. The van der Waals surface area contributed by atoms with Crippen LogP contribution in [0.2, 0.25) is 0 Å². The Kier molecular flexibility index (Phi) is 6.42. The molecule has 176 valence electrons. The number of rotatable bonds is 5. The molecule has 0 aromatic heterocycles. The molecule has 1 atom stereocenters. The second kappa shape index (κ2) is 9.61. The summed E-state index contributed by atoms with van der Waals surface area (Å²) in [5, 5.41) is 11.8. The number of hydrogen-bond donors (Lipinski definition) is 1. The van der Waals surface area contributed by atoms with Gasteiger partial charge in [-0.2, -0.15) is 5.26 Å². The van der Waals surface area contributed by atoms with Crippen LogP contribution in [0.4, 0.5) is 5.69 Å². The molecule has 0 aliphatic carbocycles. The Morgan fingerprint density at radius 1 is 0.943 bits per heavy atom. The second-order valence-electron chi connectivity index (χ2n) is 7.70. The van der Waals surface area contributed by atoms with Gasteiger partial charge in [0.2, 0.25) is 0 Å². The number of carbonyl (C=O) groups excluding carboxylic acids is 2. The van der Waals surface area contributed by atoms with Crippen LogP contribution >= 0.6 is 0 Å². The standard InChI is InChI=1S/C27H23N3O5/c1-33-21-14-18(13-17-11-7-8-12-19(17)21)30-24(27(32)35-3)23(26(31)34-2)22(20(15-28)25(30)29)16-9-5-4-6-10-16/h4-14,22H,29H2,1-3H3. The molecule has 0 radical (unpaired) electrons. The number of methoxy groups -OCH3 is 3. The van der Waals surface area contributed by atoms with Crippen molar-refractivity contribution in [2.45, 2.75) is 5.92 Å². The largest absolute Gasteiger partial charge is 0.496 e. The first kappa shape index (κ1) is 23.4. The number of nitrogens with zero attached hydrogens (tertiary/aromatic N) is 2. The Labute approximate surface area is 202 Å². The van der Waals surface area contributed by atoms with Crippen molar-refractivity contribution in [3.63, 3.8) is 0 Å². The molecule has 0 amide bonds. The third-order valence-corrected chi connectivity index (χ3v) is 5.90. The fourth-order valence-corrected chi connectivity index (χ4v) is 4.34. The number of ether oxygens (including phenoxy) is 3. The van der Waals surface area contributed by atoms with Crippen LogP contribution in [0.25, 0.3) is 10.8 Å². The molecule has 4 rings (SSSR count). The van der Waals surface area contributed by atoms with Gasteiger partial charge < -0.3 is 19.9 Å². The maximum Gasteiger partial charge on any atom is 0.355 e. The molecule has 35 heavy (non-hydrogen) atoms. The van der Waals surface area contributed by atoms with Gasteiger partial charge in [-0.1, -0.05) is 54.6 Å². The van der Waals surface area contributed by atoms with Crippen molar-refractivity contribution in [3.8, 4) is 11.8 Å². The van der Waals surface area contributed by atoms with E-state index in [-0.39, 0.29) is 22.7 Å². The number of nitrogens with two attached hydrogens (primary N) is 1. The molecule has 1 aliphatic rings. The van der Waals surface area contributed by atoms with Crippen molar-refractivity contribution >= 4 is 28.4 Å². The zero-order chi connectivity index (χ0) is 25.1. The number of hydrogen-bond acceptors (Lipinski definition) is 8. The van der Waals surface area contributed by atoms with Crippen molar-refractivity contribution < 1.29 is 23.8 Å². The van der Waals surface area contributed by atoms with E-state index in [1.165, 1.54) is 26.2 Å². The van der Waals surface area contributed by atoms with Gasteiger partial charge in [0.25, 0.3) is 0 Å². The van der Waals surface area contributed by atoms with Crippen LogP contribution in [0.1, 0.15) is 11.5 Å². The smallest absolute Gasteiger partial charge is 0.355 e. The van der Waals surface area contributed by atoms with Gasteiger partial charge in [0, 0.05) is 11.5 Å². The molecule has 3 aromatic rings. The third-order valence-electron chi connectivity index (χ3n) is 5.90. The van der Waals surface area contributed by atoms with Crippen LogP contribution in [0.3, 0.4) is 0 Å². The minimum absolute atomic E-state index is 0.00765. The molecule has 8 heteroatoms. The van der Waals surface area contributed by atoms with Crippen LogP contribution < -0.4 is 15.4 Å².